The van der Waals surface area contributed by atoms with E-state index in [0.717, 1.165) is 6.54 Å². The Balaban J connectivity index is 2.52. The van der Waals surface area contributed by atoms with Crippen molar-refractivity contribution >= 4 is 0 Å². The molecule has 1 fully saturated rings. The zero-order valence-corrected chi connectivity index (χ0v) is 9.14. The van der Waals surface area contributed by atoms with Crippen LogP contribution in [0, 0.1) is 0 Å². The summed E-state index contributed by atoms with van der Waals surface area (Å²) < 4.78 is 0. The van der Waals surface area contributed by atoms with Crippen LogP contribution in [0.3, 0.4) is 0 Å². The molecule has 0 aliphatic carbocycles. The van der Waals surface area contributed by atoms with Crippen molar-refractivity contribution in [2.45, 2.75) is 38.8 Å². The number of hydrogen-bond donors (Lipinski definition) is 1. The lowest BCUT2D eigenvalue weighted by Crippen LogP contribution is -2.38. The van der Waals surface area contributed by atoms with Gasteiger partial charge >= 0.3 is 0 Å². The van der Waals surface area contributed by atoms with Gasteiger partial charge in [-0.2, -0.15) is 0 Å². The van der Waals surface area contributed by atoms with E-state index in [-0.39, 0.29) is 0 Å². The lowest BCUT2D eigenvalue weighted by atomic mass is 10.1. The average molecular weight is 182 g/mol. The second-order valence-corrected chi connectivity index (χ2v) is 4.18. The van der Waals surface area contributed by atoms with Gasteiger partial charge in [0.15, 0.2) is 0 Å². The SMILES string of the molecule is C=C(CNC)C1CCCN1C(C)C. The molecule has 1 aliphatic rings. The zero-order chi connectivity index (χ0) is 9.84. The predicted molar refractivity (Wildman–Crippen MR) is 57.9 cm³/mol. The predicted octanol–water partition coefficient (Wildman–Crippen LogP) is 1.63. The smallest absolute Gasteiger partial charge is 0.0320 e. The maximum absolute atomic E-state index is 4.15. The summed E-state index contributed by atoms with van der Waals surface area (Å²) in [6, 6.07) is 1.27. The normalized spacial score (nSPS) is 24.2. The minimum absolute atomic E-state index is 0.618. The molecule has 0 aromatic carbocycles. The molecule has 2 nitrogen and oxygen atoms in total. The molecular formula is C11H22N2. The van der Waals surface area contributed by atoms with Gasteiger partial charge in [-0.1, -0.05) is 6.58 Å². The van der Waals surface area contributed by atoms with Gasteiger partial charge in [-0.25, -0.2) is 0 Å². The van der Waals surface area contributed by atoms with Gasteiger partial charge in [0.25, 0.3) is 0 Å². The molecule has 0 aromatic rings. The van der Waals surface area contributed by atoms with Gasteiger partial charge in [-0.05, 0) is 45.9 Å². The highest BCUT2D eigenvalue weighted by Crippen LogP contribution is 2.24. The molecule has 0 saturated carbocycles. The fraction of sp³-hybridized carbons (Fsp3) is 0.818. The summed E-state index contributed by atoms with van der Waals surface area (Å²) in [5, 5.41) is 3.18. The van der Waals surface area contributed by atoms with Gasteiger partial charge in [0.05, 0.1) is 0 Å². The van der Waals surface area contributed by atoms with Crippen LogP contribution in [0.5, 0.6) is 0 Å². The van der Waals surface area contributed by atoms with Crippen LogP contribution >= 0.6 is 0 Å². The molecule has 0 bridgehead atoms. The van der Waals surface area contributed by atoms with Crippen molar-refractivity contribution in [1.29, 1.82) is 0 Å². The van der Waals surface area contributed by atoms with Gasteiger partial charge in [0.1, 0.15) is 0 Å². The summed E-state index contributed by atoms with van der Waals surface area (Å²) in [6.45, 7) is 10.9. The maximum atomic E-state index is 4.15. The lowest BCUT2D eigenvalue weighted by Gasteiger charge is -2.29. The highest BCUT2D eigenvalue weighted by atomic mass is 15.2. The van der Waals surface area contributed by atoms with Crippen molar-refractivity contribution in [1.82, 2.24) is 10.2 Å². The van der Waals surface area contributed by atoms with Crippen molar-refractivity contribution < 1.29 is 0 Å². The van der Waals surface area contributed by atoms with Gasteiger partial charge in [-0.15, -0.1) is 0 Å². The second-order valence-electron chi connectivity index (χ2n) is 4.18. The number of likely N-dealkylation sites (tertiary alicyclic amines) is 1. The summed E-state index contributed by atoms with van der Waals surface area (Å²) in [5.74, 6) is 0. The quantitative estimate of drug-likeness (QED) is 0.665. The molecule has 1 N–H and O–H groups in total. The van der Waals surface area contributed by atoms with E-state index in [0.29, 0.717) is 12.1 Å². The molecular weight excluding hydrogens is 160 g/mol. The Bertz CT molecular complexity index is 175. The van der Waals surface area contributed by atoms with Crippen LogP contribution in [0.1, 0.15) is 26.7 Å². The summed E-state index contributed by atoms with van der Waals surface area (Å²) in [6.07, 6.45) is 2.62. The van der Waals surface area contributed by atoms with Crippen LogP contribution < -0.4 is 5.32 Å². The Hall–Kier alpha value is -0.340. The van der Waals surface area contributed by atoms with E-state index in [2.05, 4.69) is 30.6 Å². The van der Waals surface area contributed by atoms with E-state index >= 15 is 0 Å². The molecule has 1 aliphatic heterocycles. The minimum atomic E-state index is 0.618. The second kappa shape index (κ2) is 4.77. The molecule has 76 valence electrons. The standard InChI is InChI=1S/C11H22N2/c1-9(2)13-7-5-6-11(13)10(3)8-12-4/h9,11-12H,3,5-8H2,1-2,4H3. The Labute approximate surface area is 82.0 Å². The fourth-order valence-electron chi connectivity index (χ4n) is 2.19. The van der Waals surface area contributed by atoms with E-state index in [1.807, 2.05) is 7.05 Å². The molecule has 2 heteroatoms. The molecule has 0 amide bonds. The number of likely N-dealkylation sites (N-methyl/N-ethyl adjacent to an activating group) is 1. The van der Waals surface area contributed by atoms with Crippen LogP contribution in [-0.2, 0) is 0 Å². The van der Waals surface area contributed by atoms with E-state index < -0.39 is 0 Å². The van der Waals surface area contributed by atoms with Crippen molar-refractivity contribution in [3.63, 3.8) is 0 Å². The monoisotopic (exact) mass is 182 g/mol. The number of nitrogens with zero attached hydrogens (tertiary/aromatic N) is 1. The van der Waals surface area contributed by atoms with Gasteiger partial charge < -0.3 is 5.32 Å². The largest absolute Gasteiger partial charge is 0.316 e. The van der Waals surface area contributed by atoms with E-state index in [1.165, 1.54) is 25.0 Å². The van der Waals surface area contributed by atoms with Crippen LogP contribution in [0.4, 0.5) is 0 Å². The maximum Gasteiger partial charge on any atom is 0.0320 e. The van der Waals surface area contributed by atoms with Crippen molar-refractivity contribution in [3.8, 4) is 0 Å². The summed E-state index contributed by atoms with van der Waals surface area (Å²) >= 11 is 0. The van der Waals surface area contributed by atoms with E-state index in [9.17, 15) is 0 Å². The molecule has 1 unspecified atom stereocenters. The summed E-state index contributed by atoms with van der Waals surface area (Å²) in [7, 11) is 1.99. The Morgan fingerprint density at radius 3 is 2.85 bits per heavy atom. The average Bonchev–Trinajstić information content (AvgIpc) is 2.52. The molecule has 1 atom stereocenters. The number of rotatable bonds is 4. The molecule has 1 saturated heterocycles. The van der Waals surface area contributed by atoms with Gasteiger partial charge in [0, 0.05) is 18.6 Å². The minimum Gasteiger partial charge on any atom is -0.316 e. The first-order valence-corrected chi connectivity index (χ1v) is 5.24. The van der Waals surface area contributed by atoms with Crippen molar-refractivity contribution in [3.05, 3.63) is 12.2 Å². The molecule has 1 heterocycles. The lowest BCUT2D eigenvalue weighted by molar-refractivity contribution is 0.224. The van der Waals surface area contributed by atoms with Crippen LogP contribution in [-0.4, -0.2) is 37.1 Å². The van der Waals surface area contributed by atoms with Crippen molar-refractivity contribution in [2.75, 3.05) is 20.1 Å². The topological polar surface area (TPSA) is 15.3 Å². The van der Waals surface area contributed by atoms with Gasteiger partial charge in [0.2, 0.25) is 0 Å². The Morgan fingerprint density at radius 2 is 2.31 bits per heavy atom. The molecule has 0 aromatic heterocycles. The Morgan fingerprint density at radius 1 is 1.62 bits per heavy atom. The third kappa shape index (κ3) is 2.55. The Kier molecular flexibility index (Phi) is 3.94. The molecule has 13 heavy (non-hydrogen) atoms. The number of hydrogen-bond acceptors (Lipinski definition) is 2. The molecule has 1 rings (SSSR count). The van der Waals surface area contributed by atoms with Gasteiger partial charge in [-0.3, -0.25) is 4.90 Å². The first-order valence-electron chi connectivity index (χ1n) is 5.24. The van der Waals surface area contributed by atoms with E-state index in [4.69, 9.17) is 0 Å². The third-order valence-corrected chi connectivity index (χ3v) is 2.83. The number of nitrogens with one attached hydrogen (secondary N) is 1. The van der Waals surface area contributed by atoms with Crippen LogP contribution in [0.25, 0.3) is 0 Å². The van der Waals surface area contributed by atoms with Crippen LogP contribution in [0.15, 0.2) is 12.2 Å². The highest BCUT2D eigenvalue weighted by molar-refractivity contribution is 5.10. The van der Waals surface area contributed by atoms with Crippen molar-refractivity contribution in [2.24, 2.45) is 0 Å². The third-order valence-electron chi connectivity index (χ3n) is 2.83. The summed E-state index contributed by atoms with van der Waals surface area (Å²) in [4.78, 5) is 2.56. The fourth-order valence-corrected chi connectivity index (χ4v) is 2.19. The molecule has 0 spiro atoms. The highest BCUT2D eigenvalue weighted by Gasteiger charge is 2.27. The van der Waals surface area contributed by atoms with E-state index in [1.54, 1.807) is 0 Å². The van der Waals surface area contributed by atoms with Crippen LogP contribution in [0.2, 0.25) is 0 Å². The zero-order valence-electron chi connectivity index (χ0n) is 9.14. The first kappa shape index (κ1) is 10.7. The summed E-state index contributed by atoms with van der Waals surface area (Å²) in [5.41, 5.74) is 1.34. The molecule has 0 radical (unpaired) electrons. The first-order chi connectivity index (χ1) is 6.16.